The van der Waals surface area contributed by atoms with Crippen LogP contribution in [0, 0.1) is 5.92 Å². The van der Waals surface area contributed by atoms with Crippen LogP contribution in [-0.2, 0) is 6.54 Å². The van der Waals surface area contributed by atoms with E-state index in [4.69, 9.17) is 11.6 Å². The molecule has 108 valence electrons. The van der Waals surface area contributed by atoms with Crippen LogP contribution in [0.15, 0.2) is 18.2 Å². The molecule has 1 aromatic carbocycles. The van der Waals surface area contributed by atoms with Gasteiger partial charge in [0.15, 0.2) is 0 Å². The molecule has 0 aliphatic heterocycles. The Kier molecular flexibility index (Phi) is 6.67. The molecule has 0 heterocycles. The van der Waals surface area contributed by atoms with E-state index < -0.39 is 0 Å². The van der Waals surface area contributed by atoms with E-state index >= 15 is 0 Å². The van der Waals surface area contributed by atoms with Crippen LogP contribution < -0.4 is 10.2 Å². The van der Waals surface area contributed by atoms with Crippen LogP contribution in [0.5, 0.6) is 0 Å². The van der Waals surface area contributed by atoms with Crippen LogP contribution in [0.3, 0.4) is 0 Å². The molecule has 3 heteroatoms. The van der Waals surface area contributed by atoms with Crippen LogP contribution in [0.1, 0.15) is 39.7 Å². The molecule has 2 nitrogen and oxygen atoms in total. The molecule has 0 saturated heterocycles. The van der Waals surface area contributed by atoms with Gasteiger partial charge in [-0.25, -0.2) is 0 Å². The van der Waals surface area contributed by atoms with Gasteiger partial charge in [0.05, 0.1) is 0 Å². The number of benzene rings is 1. The van der Waals surface area contributed by atoms with E-state index in [9.17, 15) is 0 Å². The van der Waals surface area contributed by atoms with Gasteiger partial charge in [0.25, 0.3) is 0 Å². The maximum atomic E-state index is 6.35. The third kappa shape index (κ3) is 5.84. The van der Waals surface area contributed by atoms with Crippen molar-refractivity contribution in [2.45, 2.75) is 46.7 Å². The first-order valence-corrected chi connectivity index (χ1v) is 7.51. The van der Waals surface area contributed by atoms with Crippen LogP contribution in [0.4, 0.5) is 5.69 Å². The number of anilines is 1. The fraction of sp³-hybridized carbons (Fsp3) is 0.625. The lowest BCUT2D eigenvalue weighted by Gasteiger charge is -2.21. The minimum Gasteiger partial charge on any atom is -0.375 e. The van der Waals surface area contributed by atoms with Gasteiger partial charge in [-0.3, -0.25) is 0 Å². The second-order valence-electron chi connectivity index (χ2n) is 5.92. The molecule has 0 aliphatic carbocycles. The molecule has 0 fully saturated rings. The van der Waals surface area contributed by atoms with Gasteiger partial charge in [0.2, 0.25) is 0 Å². The second-order valence-corrected chi connectivity index (χ2v) is 6.32. The van der Waals surface area contributed by atoms with E-state index in [0.29, 0.717) is 6.04 Å². The molecule has 0 atom stereocenters. The standard InChI is InChI=1S/C16H27ClN2/c1-12(2)8-9-19(5)15-7-6-14(16(17)10-15)11-18-13(3)4/h6-7,10,12-13,18H,8-9,11H2,1-5H3. The van der Waals surface area contributed by atoms with Crippen molar-refractivity contribution in [2.24, 2.45) is 5.92 Å². The fourth-order valence-corrected chi connectivity index (χ4v) is 2.05. The van der Waals surface area contributed by atoms with Crippen molar-refractivity contribution in [1.82, 2.24) is 5.32 Å². The smallest absolute Gasteiger partial charge is 0.0471 e. The van der Waals surface area contributed by atoms with Crippen molar-refractivity contribution in [3.8, 4) is 0 Å². The molecule has 0 unspecified atom stereocenters. The van der Waals surface area contributed by atoms with Gasteiger partial charge in [-0.2, -0.15) is 0 Å². The first-order valence-electron chi connectivity index (χ1n) is 7.13. The Hall–Kier alpha value is -0.730. The topological polar surface area (TPSA) is 15.3 Å². The summed E-state index contributed by atoms with van der Waals surface area (Å²) in [5, 5.41) is 4.24. The summed E-state index contributed by atoms with van der Waals surface area (Å²) in [5.41, 5.74) is 2.36. The molecule has 0 aliphatic rings. The largest absolute Gasteiger partial charge is 0.375 e. The summed E-state index contributed by atoms with van der Waals surface area (Å²) in [6.45, 7) is 10.7. The summed E-state index contributed by atoms with van der Waals surface area (Å²) in [6.07, 6.45) is 1.20. The van der Waals surface area contributed by atoms with Gasteiger partial charge < -0.3 is 10.2 Å². The van der Waals surface area contributed by atoms with Gasteiger partial charge >= 0.3 is 0 Å². The zero-order valence-corrected chi connectivity index (χ0v) is 13.6. The van der Waals surface area contributed by atoms with Gasteiger partial charge in [-0.15, -0.1) is 0 Å². The van der Waals surface area contributed by atoms with E-state index in [-0.39, 0.29) is 0 Å². The molecule has 1 rings (SSSR count). The number of hydrogen-bond acceptors (Lipinski definition) is 2. The van der Waals surface area contributed by atoms with Gasteiger partial charge in [0, 0.05) is 36.9 Å². The van der Waals surface area contributed by atoms with Crippen LogP contribution >= 0.6 is 11.6 Å². The third-order valence-corrected chi connectivity index (χ3v) is 3.57. The Balaban J connectivity index is 2.65. The molecule has 1 N–H and O–H groups in total. The molecule has 0 spiro atoms. The minimum atomic E-state index is 0.476. The summed E-state index contributed by atoms with van der Waals surface area (Å²) in [4.78, 5) is 2.27. The zero-order valence-electron chi connectivity index (χ0n) is 12.8. The number of halogens is 1. The zero-order chi connectivity index (χ0) is 14.4. The maximum Gasteiger partial charge on any atom is 0.0471 e. The van der Waals surface area contributed by atoms with Gasteiger partial charge in [-0.1, -0.05) is 45.4 Å². The fourth-order valence-electron chi connectivity index (χ4n) is 1.81. The molecule has 19 heavy (non-hydrogen) atoms. The van der Waals surface area contributed by atoms with Crippen molar-refractivity contribution >= 4 is 17.3 Å². The van der Waals surface area contributed by atoms with Crippen LogP contribution in [-0.4, -0.2) is 19.6 Å². The Bertz CT molecular complexity index is 388. The Morgan fingerprint density at radius 2 is 1.89 bits per heavy atom. The molecular weight excluding hydrogens is 256 g/mol. The van der Waals surface area contributed by atoms with Gasteiger partial charge in [0.1, 0.15) is 0 Å². The predicted molar refractivity (Wildman–Crippen MR) is 86.2 cm³/mol. The van der Waals surface area contributed by atoms with Crippen LogP contribution in [0.25, 0.3) is 0 Å². The molecule has 1 aromatic rings. The second kappa shape index (κ2) is 7.76. The third-order valence-electron chi connectivity index (χ3n) is 3.22. The van der Waals surface area contributed by atoms with Crippen molar-refractivity contribution in [3.63, 3.8) is 0 Å². The number of nitrogens with zero attached hydrogens (tertiary/aromatic N) is 1. The van der Waals surface area contributed by atoms with E-state index in [1.54, 1.807) is 0 Å². The highest BCUT2D eigenvalue weighted by Gasteiger charge is 2.06. The summed E-state index contributed by atoms with van der Waals surface area (Å²) in [6, 6.07) is 6.83. The van der Waals surface area contributed by atoms with Gasteiger partial charge in [-0.05, 0) is 30.0 Å². The van der Waals surface area contributed by atoms with Crippen molar-refractivity contribution in [2.75, 3.05) is 18.5 Å². The molecule has 0 saturated carbocycles. The van der Waals surface area contributed by atoms with E-state index in [2.05, 4.69) is 63.2 Å². The van der Waals surface area contributed by atoms with E-state index in [0.717, 1.165) is 29.6 Å². The Labute approximate surface area is 123 Å². The lowest BCUT2D eigenvalue weighted by molar-refractivity contribution is 0.584. The lowest BCUT2D eigenvalue weighted by Crippen LogP contribution is -2.22. The normalized spacial score (nSPS) is 11.4. The quantitative estimate of drug-likeness (QED) is 0.801. The predicted octanol–water partition coefficient (Wildman–Crippen LogP) is 4.32. The van der Waals surface area contributed by atoms with Crippen molar-refractivity contribution < 1.29 is 0 Å². The summed E-state index contributed by atoms with van der Waals surface area (Å²) < 4.78 is 0. The monoisotopic (exact) mass is 282 g/mol. The molecule has 0 bridgehead atoms. The molecule has 0 aromatic heterocycles. The number of nitrogens with one attached hydrogen (secondary N) is 1. The Morgan fingerprint density at radius 3 is 2.42 bits per heavy atom. The highest BCUT2D eigenvalue weighted by atomic mass is 35.5. The first kappa shape index (κ1) is 16.3. The first-order chi connectivity index (χ1) is 8.90. The number of hydrogen-bond donors (Lipinski definition) is 1. The SMILES string of the molecule is CC(C)CCN(C)c1ccc(CNC(C)C)c(Cl)c1. The molecule has 0 radical (unpaired) electrons. The Morgan fingerprint density at radius 1 is 1.21 bits per heavy atom. The average molecular weight is 283 g/mol. The summed E-state index contributed by atoms with van der Waals surface area (Å²) in [5.74, 6) is 0.729. The molecule has 0 amide bonds. The average Bonchev–Trinajstić information content (AvgIpc) is 2.34. The highest BCUT2D eigenvalue weighted by molar-refractivity contribution is 6.31. The van der Waals surface area contributed by atoms with E-state index in [1.807, 2.05) is 0 Å². The van der Waals surface area contributed by atoms with Crippen molar-refractivity contribution in [3.05, 3.63) is 28.8 Å². The van der Waals surface area contributed by atoms with E-state index in [1.165, 1.54) is 12.1 Å². The highest BCUT2D eigenvalue weighted by Crippen LogP contribution is 2.23. The molecular formula is C16H27ClN2. The van der Waals surface area contributed by atoms with Crippen LogP contribution in [0.2, 0.25) is 5.02 Å². The summed E-state index contributed by atoms with van der Waals surface area (Å²) in [7, 11) is 2.13. The minimum absolute atomic E-state index is 0.476. The number of rotatable bonds is 7. The van der Waals surface area contributed by atoms with Crippen molar-refractivity contribution in [1.29, 1.82) is 0 Å². The summed E-state index contributed by atoms with van der Waals surface area (Å²) >= 11 is 6.35. The lowest BCUT2D eigenvalue weighted by atomic mass is 10.1. The maximum absolute atomic E-state index is 6.35.